The molecule has 1 amide bonds. The molecule has 2 aromatic rings. The second-order valence-electron chi connectivity index (χ2n) is 9.46. The zero-order chi connectivity index (χ0) is 22.0. The van der Waals surface area contributed by atoms with Crippen LogP contribution in [-0.2, 0) is 33.5 Å². The molecule has 1 aromatic carbocycles. The lowest BCUT2D eigenvalue weighted by atomic mass is 10.1. The zero-order valence-corrected chi connectivity index (χ0v) is 19.4. The van der Waals surface area contributed by atoms with E-state index in [1.807, 2.05) is 39.8 Å². The van der Waals surface area contributed by atoms with Crippen LogP contribution in [0.2, 0.25) is 0 Å². The number of hydrogen-bond acceptors (Lipinski definition) is 4. The van der Waals surface area contributed by atoms with E-state index in [-0.39, 0.29) is 28.7 Å². The molecule has 0 spiro atoms. The number of aromatic nitrogens is 2. The first-order chi connectivity index (χ1) is 14.8. The molecule has 31 heavy (non-hydrogen) atoms. The van der Waals surface area contributed by atoms with Crippen LogP contribution >= 0.6 is 0 Å². The number of carbonyl (C=O) groups excluding carboxylic acids is 1. The van der Waals surface area contributed by atoms with Crippen molar-refractivity contribution in [3.8, 4) is 0 Å². The Balaban J connectivity index is 1.61. The number of nitrogens with zero attached hydrogens (tertiary/aromatic N) is 3. The maximum absolute atomic E-state index is 13.2. The van der Waals surface area contributed by atoms with Crippen LogP contribution in [0.25, 0.3) is 0 Å². The molecule has 4 rings (SSSR count). The predicted molar refractivity (Wildman–Crippen MR) is 120 cm³/mol. The lowest BCUT2D eigenvalue weighted by molar-refractivity contribution is -0.136. The van der Waals surface area contributed by atoms with Crippen molar-refractivity contribution in [1.29, 1.82) is 0 Å². The van der Waals surface area contributed by atoms with E-state index in [1.165, 1.54) is 0 Å². The third-order valence-corrected chi connectivity index (χ3v) is 7.83. The van der Waals surface area contributed by atoms with Gasteiger partial charge in [-0.2, -0.15) is 0 Å². The molecule has 2 aliphatic carbocycles. The minimum Gasteiger partial charge on any atom is -0.334 e. The van der Waals surface area contributed by atoms with E-state index < -0.39 is 9.84 Å². The van der Waals surface area contributed by atoms with Gasteiger partial charge in [-0.3, -0.25) is 4.79 Å². The van der Waals surface area contributed by atoms with E-state index in [2.05, 4.69) is 18.8 Å². The van der Waals surface area contributed by atoms with E-state index in [1.54, 1.807) is 6.20 Å². The third-order valence-electron chi connectivity index (χ3n) is 6.23. The smallest absolute Gasteiger partial charge is 0.228 e. The van der Waals surface area contributed by atoms with Crippen LogP contribution in [0.3, 0.4) is 0 Å². The van der Waals surface area contributed by atoms with Crippen LogP contribution in [-0.4, -0.2) is 34.8 Å². The monoisotopic (exact) mass is 443 g/mol. The molecule has 0 aliphatic heterocycles. The highest BCUT2D eigenvalue weighted by molar-refractivity contribution is 7.90. The van der Waals surface area contributed by atoms with Crippen molar-refractivity contribution >= 4 is 15.7 Å². The Kier molecular flexibility index (Phi) is 6.51. The first kappa shape index (κ1) is 22.1. The van der Waals surface area contributed by atoms with Gasteiger partial charge in [-0.1, -0.05) is 57.0 Å². The number of amides is 1. The van der Waals surface area contributed by atoms with Gasteiger partial charge < -0.3 is 9.47 Å². The molecule has 1 heterocycles. The minimum absolute atomic E-state index is 0.0737. The van der Waals surface area contributed by atoms with Crippen molar-refractivity contribution in [2.45, 2.75) is 82.4 Å². The van der Waals surface area contributed by atoms with Gasteiger partial charge in [0.15, 0.2) is 0 Å². The summed E-state index contributed by atoms with van der Waals surface area (Å²) >= 11 is 0. The SMILES string of the molecule is CC(C)Cn1c(CN(C(=O)C2CCCC2)C2CC2)cnc1S(=O)(=O)Cc1ccccc1. The van der Waals surface area contributed by atoms with E-state index in [0.717, 1.165) is 49.8 Å². The molecule has 6 nitrogen and oxygen atoms in total. The van der Waals surface area contributed by atoms with Crippen LogP contribution in [0.5, 0.6) is 0 Å². The summed E-state index contributed by atoms with van der Waals surface area (Å²) in [7, 11) is -3.60. The maximum Gasteiger partial charge on any atom is 0.228 e. The van der Waals surface area contributed by atoms with Crippen LogP contribution in [0.1, 0.15) is 63.6 Å². The van der Waals surface area contributed by atoms with Crippen molar-refractivity contribution < 1.29 is 13.2 Å². The van der Waals surface area contributed by atoms with E-state index in [4.69, 9.17) is 0 Å². The second kappa shape index (κ2) is 9.15. The lowest BCUT2D eigenvalue weighted by Crippen LogP contribution is -2.37. The highest BCUT2D eigenvalue weighted by Crippen LogP contribution is 2.34. The quantitative estimate of drug-likeness (QED) is 0.582. The summed E-state index contributed by atoms with van der Waals surface area (Å²) in [6, 6.07) is 9.51. The van der Waals surface area contributed by atoms with Gasteiger partial charge in [0, 0.05) is 18.5 Å². The van der Waals surface area contributed by atoms with Gasteiger partial charge in [0.05, 0.1) is 24.2 Å². The Hall–Kier alpha value is -2.15. The van der Waals surface area contributed by atoms with Gasteiger partial charge in [-0.25, -0.2) is 13.4 Å². The van der Waals surface area contributed by atoms with Gasteiger partial charge in [0.2, 0.25) is 20.9 Å². The van der Waals surface area contributed by atoms with Crippen molar-refractivity contribution in [3.63, 3.8) is 0 Å². The molecule has 0 radical (unpaired) electrons. The van der Waals surface area contributed by atoms with E-state index in [0.29, 0.717) is 19.1 Å². The summed E-state index contributed by atoms with van der Waals surface area (Å²) < 4.78 is 28.3. The second-order valence-corrected chi connectivity index (χ2v) is 11.3. The summed E-state index contributed by atoms with van der Waals surface area (Å²) in [4.78, 5) is 19.5. The summed E-state index contributed by atoms with van der Waals surface area (Å²) in [5.74, 6) is 0.559. The van der Waals surface area contributed by atoms with Crippen LogP contribution in [0.4, 0.5) is 0 Å². The molecule has 0 saturated heterocycles. The molecule has 0 bridgehead atoms. The average Bonchev–Trinajstić information content (AvgIpc) is 3.25. The topological polar surface area (TPSA) is 72.3 Å². The molecule has 168 valence electrons. The van der Waals surface area contributed by atoms with Crippen molar-refractivity contribution in [3.05, 3.63) is 47.8 Å². The predicted octanol–water partition coefficient (Wildman–Crippen LogP) is 4.19. The first-order valence-corrected chi connectivity index (χ1v) is 13.1. The molecule has 0 unspecified atom stereocenters. The van der Waals surface area contributed by atoms with Gasteiger partial charge in [-0.15, -0.1) is 0 Å². The Morgan fingerprint density at radius 2 is 1.81 bits per heavy atom. The van der Waals surface area contributed by atoms with Crippen molar-refractivity contribution in [2.75, 3.05) is 0 Å². The number of carbonyl (C=O) groups is 1. The first-order valence-electron chi connectivity index (χ1n) is 11.5. The molecule has 7 heteroatoms. The minimum atomic E-state index is -3.60. The van der Waals surface area contributed by atoms with Gasteiger partial charge >= 0.3 is 0 Å². The number of imidazole rings is 1. The third kappa shape index (κ3) is 5.20. The fourth-order valence-corrected chi connectivity index (χ4v) is 6.04. The zero-order valence-electron chi connectivity index (χ0n) is 18.5. The Bertz CT molecular complexity index is 1000. The summed E-state index contributed by atoms with van der Waals surface area (Å²) in [6.45, 7) is 5.15. The Labute approximate surface area is 185 Å². The average molecular weight is 444 g/mol. The maximum atomic E-state index is 13.2. The van der Waals surface area contributed by atoms with E-state index in [9.17, 15) is 13.2 Å². The molecule has 2 saturated carbocycles. The molecular weight excluding hydrogens is 410 g/mol. The van der Waals surface area contributed by atoms with Crippen LogP contribution in [0, 0.1) is 11.8 Å². The number of rotatable bonds is 9. The number of hydrogen-bond donors (Lipinski definition) is 0. The lowest BCUT2D eigenvalue weighted by Gasteiger charge is -2.26. The highest BCUT2D eigenvalue weighted by atomic mass is 32.2. The molecule has 0 atom stereocenters. The number of sulfone groups is 1. The summed E-state index contributed by atoms with van der Waals surface area (Å²) in [5, 5.41) is 0.115. The fraction of sp³-hybridized carbons (Fsp3) is 0.583. The molecular formula is C24H33N3O3S. The molecule has 0 N–H and O–H groups in total. The summed E-state index contributed by atoms with van der Waals surface area (Å²) in [5.41, 5.74) is 1.57. The largest absolute Gasteiger partial charge is 0.334 e. The standard InChI is InChI=1S/C24H33N3O3S/c1-18(2)15-27-22(16-26(21-12-13-21)23(28)20-10-6-7-11-20)14-25-24(27)31(29,30)17-19-8-4-3-5-9-19/h3-5,8-9,14,18,20-21H,6-7,10-13,15-17H2,1-2H3. The van der Waals surface area contributed by atoms with Crippen molar-refractivity contribution in [1.82, 2.24) is 14.5 Å². The normalized spacial score (nSPS) is 17.4. The van der Waals surface area contributed by atoms with Crippen LogP contribution < -0.4 is 0 Å². The Morgan fingerprint density at radius 1 is 1.13 bits per heavy atom. The van der Waals surface area contributed by atoms with Crippen LogP contribution in [0.15, 0.2) is 41.7 Å². The van der Waals surface area contributed by atoms with Gasteiger partial charge in [0.25, 0.3) is 0 Å². The Morgan fingerprint density at radius 3 is 2.42 bits per heavy atom. The summed E-state index contributed by atoms with van der Waals surface area (Å²) in [6.07, 6.45) is 7.95. The number of benzene rings is 1. The molecule has 1 aromatic heterocycles. The fourth-order valence-electron chi connectivity index (χ4n) is 4.54. The molecule has 2 aliphatic rings. The highest BCUT2D eigenvalue weighted by Gasteiger charge is 2.37. The van der Waals surface area contributed by atoms with Gasteiger partial charge in [-0.05, 0) is 37.2 Å². The van der Waals surface area contributed by atoms with Gasteiger partial charge in [0.1, 0.15) is 0 Å². The van der Waals surface area contributed by atoms with Crippen molar-refractivity contribution in [2.24, 2.45) is 11.8 Å². The molecule has 2 fully saturated rings. The van der Waals surface area contributed by atoms with E-state index >= 15 is 0 Å².